The van der Waals surface area contributed by atoms with Crippen molar-refractivity contribution in [2.75, 3.05) is 26.2 Å². The first-order valence-corrected chi connectivity index (χ1v) is 13.8. The minimum absolute atomic E-state index is 0.117. The molecule has 1 aromatic rings. The molecule has 0 radical (unpaired) electrons. The van der Waals surface area contributed by atoms with E-state index in [0.717, 1.165) is 12.0 Å². The molecule has 0 aliphatic carbocycles. The van der Waals surface area contributed by atoms with Crippen LogP contribution in [0.5, 0.6) is 0 Å². The second kappa shape index (κ2) is 11.8. The van der Waals surface area contributed by atoms with E-state index in [9.17, 15) is 19.5 Å². The smallest absolute Gasteiger partial charge is 0.249 e. The fourth-order valence-electron chi connectivity index (χ4n) is 6.75. The minimum Gasteiger partial charge on any atom is -0.394 e. The molecule has 2 unspecified atom stereocenters. The second-order valence-electron chi connectivity index (χ2n) is 10.6. The average Bonchev–Trinajstić information content (AvgIpc) is 3.57. The largest absolute Gasteiger partial charge is 0.394 e. The molecule has 4 rings (SSSR count). The van der Waals surface area contributed by atoms with Gasteiger partial charge in [0.15, 0.2) is 0 Å². The van der Waals surface area contributed by atoms with Gasteiger partial charge in [0.2, 0.25) is 17.7 Å². The Kier molecular flexibility index (Phi) is 8.73. The van der Waals surface area contributed by atoms with Crippen LogP contribution in [0.15, 0.2) is 55.6 Å². The van der Waals surface area contributed by atoms with Crippen LogP contribution in [0, 0.1) is 11.8 Å². The summed E-state index contributed by atoms with van der Waals surface area (Å²) in [7, 11) is 0. The van der Waals surface area contributed by atoms with Crippen LogP contribution in [0.25, 0.3) is 0 Å². The lowest BCUT2D eigenvalue weighted by molar-refractivity contribution is -0.152. The predicted octanol–water partition coefficient (Wildman–Crippen LogP) is 2.77. The summed E-state index contributed by atoms with van der Waals surface area (Å²) in [6, 6.07) is 8.23. The van der Waals surface area contributed by atoms with Crippen molar-refractivity contribution in [2.45, 2.75) is 69.9 Å². The van der Waals surface area contributed by atoms with E-state index in [0.29, 0.717) is 45.4 Å². The van der Waals surface area contributed by atoms with Gasteiger partial charge in [-0.15, -0.1) is 13.2 Å². The Labute approximate surface area is 225 Å². The van der Waals surface area contributed by atoms with E-state index in [-0.39, 0.29) is 24.3 Å². The molecule has 6 atom stereocenters. The number of benzene rings is 1. The van der Waals surface area contributed by atoms with Gasteiger partial charge in [0, 0.05) is 26.2 Å². The highest BCUT2D eigenvalue weighted by Gasteiger charge is 2.75. The number of hydrogen-bond donors (Lipinski definition) is 1. The summed E-state index contributed by atoms with van der Waals surface area (Å²) in [6.45, 7) is 12.9. The maximum Gasteiger partial charge on any atom is 0.249 e. The molecule has 0 saturated carbocycles. The molecule has 1 aromatic carbocycles. The van der Waals surface area contributed by atoms with Gasteiger partial charge in [-0.1, -0.05) is 56.3 Å². The second-order valence-corrected chi connectivity index (χ2v) is 10.6. The van der Waals surface area contributed by atoms with E-state index in [2.05, 4.69) is 13.2 Å². The maximum absolute atomic E-state index is 14.4. The van der Waals surface area contributed by atoms with Gasteiger partial charge in [-0.3, -0.25) is 14.4 Å². The van der Waals surface area contributed by atoms with E-state index < -0.39 is 35.6 Å². The number of aliphatic hydroxyl groups is 1. The van der Waals surface area contributed by atoms with Crippen molar-refractivity contribution in [3.8, 4) is 0 Å². The molecule has 3 fully saturated rings. The van der Waals surface area contributed by atoms with Crippen LogP contribution in [0.2, 0.25) is 0 Å². The van der Waals surface area contributed by atoms with Gasteiger partial charge in [0.1, 0.15) is 11.6 Å². The number of amides is 3. The minimum atomic E-state index is -1.09. The molecule has 3 aliphatic rings. The molecular weight excluding hydrogens is 482 g/mol. The van der Waals surface area contributed by atoms with Gasteiger partial charge in [-0.25, -0.2) is 0 Å². The number of rotatable bonds is 13. The van der Waals surface area contributed by atoms with Crippen LogP contribution in [0.3, 0.4) is 0 Å². The number of aliphatic hydroxyl groups excluding tert-OH is 1. The van der Waals surface area contributed by atoms with E-state index in [4.69, 9.17) is 4.74 Å². The quantitative estimate of drug-likeness (QED) is 0.402. The summed E-state index contributed by atoms with van der Waals surface area (Å²) in [6.07, 6.45) is 5.37. The lowest BCUT2D eigenvalue weighted by atomic mass is 9.70. The van der Waals surface area contributed by atoms with Crippen molar-refractivity contribution < 1.29 is 24.2 Å². The van der Waals surface area contributed by atoms with Gasteiger partial charge in [0.05, 0.1) is 30.6 Å². The third kappa shape index (κ3) is 4.69. The molecule has 1 N–H and O–H groups in total. The number of hydrogen-bond acceptors (Lipinski definition) is 5. The van der Waals surface area contributed by atoms with Crippen LogP contribution in [-0.4, -0.2) is 87.6 Å². The van der Waals surface area contributed by atoms with Crippen LogP contribution in [0.1, 0.15) is 45.1 Å². The molecule has 3 saturated heterocycles. The lowest BCUT2D eigenvalue weighted by Crippen LogP contribution is -2.58. The van der Waals surface area contributed by atoms with Crippen molar-refractivity contribution in [1.82, 2.24) is 14.7 Å². The lowest BCUT2D eigenvalue weighted by Gasteiger charge is -2.39. The molecule has 1 spiro atoms. The van der Waals surface area contributed by atoms with E-state index in [1.54, 1.807) is 26.9 Å². The van der Waals surface area contributed by atoms with Crippen molar-refractivity contribution in [3.05, 3.63) is 61.2 Å². The number of ether oxygens (including phenoxy) is 1. The fraction of sp³-hybridized carbons (Fsp3) is 0.567. The molecule has 38 heavy (non-hydrogen) atoms. The number of likely N-dealkylation sites (tertiary alicyclic amines) is 1. The first kappa shape index (κ1) is 28.0. The third-order valence-electron chi connectivity index (χ3n) is 8.36. The van der Waals surface area contributed by atoms with Crippen molar-refractivity contribution in [3.63, 3.8) is 0 Å². The third-order valence-corrected chi connectivity index (χ3v) is 8.36. The Morgan fingerprint density at radius 1 is 1.16 bits per heavy atom. The zero-order valence-corrected chi connectivity index (χ0v) is 22.6. The Morgan fingerprint density at radius 3 is 2.45 bits per heavy atom. The summed E-state index contributed by atoms with van der Waals surface area (Å²) in [5.74, 6) is -2.02. The maximum atomic E-state index is 14.4. The van der Waals surface area contributed by atoms with Crippen LogP contribution < -0.4 is 0 Å². The van der Waals surface area contributed by atoms with Crippen LogP contribution in [-0.2, 0) is 25.7 Å². The summed E-state index contributed by atoms with van der Waals surface area (Å²) >= 11 is 0. The summed E-state index contributed by atoms with van der Waals surface area (Å²) in [4.78, 5) is 47.4. The van der Waals surface area contributed by atoms with Crippen LogP contribution >= 0.6 is 0 Å². The van der Waals surface area contributed by atoms with Gasteiger partial charge >= 0.3 is 0 Å². The first-order valence-electron chi connectivity index (χ1n) is 13.8. The van der Waals surface area contributed by atoms with Gasteiger partial charge in [-0.05, 0) is 31.2 Å². The zero-order chi connectivity index (χ0) is 27.4. The monoisotopic (exact) mass is 523 g/mol. The Bertz CT molecular complexity index is 1040. The van der Waals surface area contributed by atoms with E-state index in [1.165, 1.54) is 0 Å². The topological polar surface area (TPSA) is 90.4 Å². The fourth-order valence-corrected chi connectivity index (χ4v) is 6.75. The van der Waals surface area contributed by atoms with Crippen molar-refractivity contribution >= 4 is 17.7 Å². The molecule has 206 valence electrons. The number of nitrogens with zero attached hydrogens (tertiary/aromatic N) is 3. The van der Waals surface area contributed by atoms with Gasteiger partial charge in [-0.2, -0.15) is 0 Å². The van der Waals surface area contributed by atoms with Gasteiger partial charge in [0.25, 0.3) is 0 Å². The summed E-state index contributed by atoms with van der Waals surface area (Å²) < 4.78 is 6.59. The molecule has 3 heterocycles. The Morgan fingerprint density at radius 2 is 1.84 bits per heavy atom. The SMILES string of the molecule is C=CCN(Cc1ccccc1)C(=O)C1N([C@@H](CC)CO)C(=O)[C@@H]2[C@H](C(=O)N(CC=C)CCC)[C@@H]3CCC12O3. The molecule has 0 aromatic heterocycles. The molecule has 3 amide bonds. The zero-order valence-electron chi connectivity index (χ0n) is 22.6. The molecule has 8 heteroatoms. The van der Waals surface area contributed by atoms with Crippen molar-refractivity contribution in [1.29, 1.82) is 0 Å². The predicted molar refractivity (Wildman–Crippen MR) is 145 cm³/mol. The number of carbonyl (C=O) groups excluding carboxylic acids is 3. The van der Waals surface area contributed by atoms with E-state index >= 15 is 0 Å². The summed E-state index contributed by atoms with van der Waals surface area (Å²) in [5.41, 5.74) is -0.129. The number of carbonyl (C=O) groups is 3. The highest BCUT2D eigenvalue weighted by atomic mass is 16.5. The molecular formula is C30H41N3O5. The standard InChI is InChI=1S/C30H41N3O5/c1-5-16-31(17-6-2)27(35)24-23-14-15-30(38-23)25(24)28(36)33(22(8-4)20-34)26(30)29(37)32(18-7-3)19-21-12-10-9-11-13-21/h5,7,9-13,22-26,34H,1,3,6,8,14-20H2,2,4H3/t22-,23-,24+,25-,26?,30?/m0/s1. The molecule has 8 nitrogen and oxygen atoms in total. The van der Waals surface area contributed by atoms with Crippen LogP contribution in [0.4, 0.5) is 0 Å². The normalized spacial score (nSPS) is 28.2. The molecule has 2 bridgehead atoms. The Balaban J connectivity index is 1.75. The highest BCUT2D eigenvalue weighted by Crippen LogP contribution is 2.59. The first-order chi connectivity index (χ1) is 18.4. The highest BCUT2D eigenvalue weighted by molar-refractivity contribution is 5.99. The van der Waals surface area contributed by atoms with E-state index in [1.807, 2.05) is 44.2 Å². The number of fused-ring (bicyclic) bond motifs is 1. The van der Waals surface area contributed by atoms with Gasteiger partial charge < -0.3 is 24.5 Å². The Hall–Kier alpha value is -2.97. The molecule has 3 aliphatic heterocycles. The average molecular weight is 524 g/mol. The summed E-state index contributed by atoms with van der Waals surface area (Å²) in [5, 5.41) is 10.3. The van der Waals surface area contributed by atoms with Crippen molar-refractivity contribution in [2.24, 2.45) is 11.8 Å².